The predicted octanol–water partition coefficient (Wildman–Crippen LogP) is 3.00. The summed E-state index contributed by atoms with van der Waals surface area (Å²) < 4.78 is 6.93. The van der Waals surface area contributed by atoms with Crippen molar-refractivity contribution in [2.75, 3.05) is 30.4 Å². The van der Waals surface area contributed by atoms with Gasteiger partial charge in [-0.1, -0.05) is 12.8 Å². The summed E-state index contributed by atoms with van der Waals surface area (Å²) in [6, 6.07) is 1.92. The molecule has 2 aliphatic rings. The van der Waals surface area contributed by atoms with Gasteiger partial charge in [0.25, 0.3) is 0 Å². The monoisotopic (exact) mass is 514 g/mol. The van der Waals surface area contributed by atoms with Crippen molar-refractivity contribution < 1.29 is 20.1 Å². The van der Waals surface area contributed by atoms with E-state index in [1.165, 1.54) is 24.2 Å². The van der Waals surface area contributed by atoms with Gasteiger partial charge < -0.3 is 30.7 Å². The number of aryl methyl sites for hydroxylation is 2. The first-order valence-electron chi connectivity index (χ1n) is 12.6. The van der Waals surface area contributed by atoms with Gasteiger partial charge in [-0.15, -0.1) is 11.3 Å². The van der Waals surface area contributed by atoms with Gasteiger partial charge in [0.2, 0.25) is 5.95 Å². The van der Waals surface area contributed by atoms with Crippen LogP contribution < -0.4 is 10.6 Å². The normalized spacial score (nSPS) is 24.6. The number of hydrogen-bond acceptors (Lipinski definition) is 11. The molecule has 3 aromatic rings. The van der Waals surface area contributed by atoms with E-state index in [4.69, 9.17) is 14.7 Å². The van der Waals surface area contributed by atoms with E-state index in [0.29, 0.717) is 53.7 Å². The molecule has 5 N–H and O–H groups in total. The number of anilines is 2. The zero-order chi connectivity index (χ0) is 25.3. The molecule has 10 nitrogen and oxygen atoms in total. The Labute approximate surface area is 214 Å². The molecule has 0 saturated heterocycles. The maximum absolute atomic E-state index is 11.3. The molecule has 194 valence electrons. The van der Waals surface area contributed by atoms with Crippen LogP contribution in [0.2, 0.25) is 0 Å². The molecule has 0 aromatic carbocycles. The highest BCUT2D eigenvalue weighted by Gasteiger charge is 2.47. The van der Waals surface area contributed by atoms with Gasteiger partial charge in [-0.25, -0.2) is 9.97 Å². The van der Waals surface area contributed by atoms with Crippen molar-refractivity contribution in [1.82, 2.24) is 19.9 Å². The van der Waals surface area contributed by atoms with Crippen LogP contribution >= 0.6 is 11.3 Å². The van der Waals surface area contributed by atoms with E-state index in [1.807, 2.05) is 19.9 Å². The summed E-state index contributed by atoms with van der Waals surface area (Å²) in [6.45, 7) is 4.72. The maximum atomic E-state index is 11.3. The third-order valence-corrected chi connectivity index (χ3v) is 8.27. The first kappa shape index (κ1) is 25.2. The van der Waals surface area contributed by atoms with Gasteiger partial charge in [0.1, 0.15) is 22.4 Å². The van der Waals surface area contributed by atoms with E-state index >= 15 is 0 Å². The molecule has 2 saturated carbocycles. The number of fused-ring (bicyclic) bond motifs is 1. The lowest BCUT2D eigenvalue weighted by Gasteiger charge is -2.31. The Kier molecular flexibility index (Phi) is 7.36. The Morgan fingerprint density at radius 3 is 2.67 bits per heavy atom. The number of aliphatic hydroxyl groups excluding tert-OH is 2. The Morgan fingerprint density at radius 1 is 1.14 bits per heavy atom. The largest absolute Gasteiger partial charge is 0.396 e. The summed E-state index contributed by atoms with van der Waals surface area (Å²) >= 11 is 1.50. The summed E-state index contributed by atoms with van der Waals surface area (Å²) in [6.07, 6.45) is 6.42. The zero-order valence-corrected chi connectivity index (χ0v) is 21.5. The van der Waals surface area contributed by atoms with Crippen LogP contribution in [0.1, 0.15) is 49.9 Å². The van der Waals surface area contributed by atoms with Gasteiger partial charge in [0, 0.05) is 25.3 Å². The standard InChI is InChI=1S/C25H34N6O4S/c1-14-19(23-29-20-15(2)26-10-8-18(20)36-23)22(31-25(34)9-7-16(13-32)21(25)33)30-24(28-14)27-11-12-35-17-5-3-4-6-17/h8,10,16-17,21,32-34H,3-7,9,11-13H2,1-2H3,(H2,27,28,30,31). The quantitative estimate of drug-likeness (QED) is 0.213. The SMILES string of the molecule is Cc1nc(NCCOC2CCCC2)nc(NC2(O)CCC(CO)C2O)c1-c1nc2c(C)nccc2s1. The van der Waals surface area contributed by atoms with Gasteiger partial charge in [-0.2, -0.15) is 4.98 Å². The van der Waals surface area contributed by atoms with E-state index in [9.17, 15) is 15.3 Å². The highest BCUT2D eigenvalue weighted by Crippen LogP contribution is 2.40. The van der Waals surface area contributed by atoms with Crippen molar-refractivity contribution in [1.29, 1.82) is 0 Å². The van der Waals surface area contributed by atoms with Gasteiger partial charge in [-0.3, -0.25) is 4.98 Å². The number of nitrogens with one attached hydrogen (secondary N) is 2. The van der Waals surface area contributed by atoms with Crippen molar-refractivity contribution in [3.8, 4) is 10.6 Å². The van der Waals surface area contributed by atoms with Crippen molar-refractivity contribution >= 4 is 33.3 Å². The Morgan fingerprint density at radius 2 is 1.94 bits per heavy atom. The molecule has 3 heterocycles. The topological polar surface area (TPSA) is 146 Å². The number of thiazole rings is 1. The number of pyridine rings is 1. The summed E-state index contributed by atoms with van der Waals surface area (Å²) in [5.74, 6) is 0.379. The summed E-state index contributed by atoms with van der Waals surface area (Å²) in [7, 11) is 0. The van der Waals surface area contributed by atoms with Crippen LogP contribution in [-0.2, 0) is 4.74 Å². The number of nitrogens with zero attached hydrogens (tertiary/aromatic N) is 4. The molecule has 0 spiro atoms. The Balaban J connectivity index is 1.45. The van der Waals surface area contributed by atoms with E-state index in [0.717, 1.165) is 28.8 Å². The minimum absolute atomic E-state index is 0.196. The lowest BCUT2D eigenvalue weighted by atomic mass is 10.0. The molecular weight excluding hydrogens is 480 g/mol. The summed E-state index contributed by atoms with van der Waals surface area (Å²) in [5.41, 5.74) is 1.37. The van der Waals surface area contributed by atoms with Crippen molar-refractivity contribution in [2.24, 2.45) is 5.92 Å². The summed E-state index contributed by atoms with van der Waals surface area (Å²) in [5, 5.41) is 38.6. The second-order valence-electron chi connectivity index (χ2n) is 9.80. The van der Waals surface area contributed by atoms with Crippen LogP contribution in [0.3, 0.4) is 0 Å². The number of aliphatic hydroxyl groups is 3. The first-order chi connectivity index (χ1) is 17.4. The van der Waals surface area contributed by atoms with Crippen LogP contribution in [-0.4, -0.2) is 72.9 Å². The lowest BCUT2D eigenvalue weighted by molar-refractivity contribution is -0.0545. The van der Waals surface area contributed by atoms with Crippen LogP contribution in [0.4, 0.5) is 11.8 Å². The van der Waals surface area contributed by atoms with Crippen LogP contribution in [0.5, 0.6) is 0 Å². The molecule has 36 heavy (non-hydrogen) atoms. The first-order valence-corrected chi connectivity index (χ1v) is 13.5. The minimum Gasteiger partial charge on any atom is -0.396 e. The lowest BCUT2D eigenvalue weighted by Crippen LogP contribution is -2.48. The van der Waals surface area contributed by atoms with Crippen molar-refractivity contribution in [3.63, 3.8) is 0 Å². The molecule has 11 heteroatoms. The van der Waals surface area contributed by atoms with E-state index in [-0.39, 0.29) is 13.0 Å². The molecule has 0 amide bonds. The second kappa shape index (κ2) is 10.5. The van der Waals surface area contributed by atoms with E-state index < -0.39 is 17.7 Å². The molecule has 0 bridgehead atoms. The third kappa shape index (κ3) is 5.03. The molecular formula is C25H34N6O4S. The van der Waals surface area contributed by atoms with Crippen molar-refractivity contribution in [2.45, 2.75) is 70.3 Å². The molecule has 5 rings (SSSR count). The zero-order valence-electron chi connectivity index (χ0n) is 20.7. The molecule has 3 unspecified atom stereocenters. The molecule has 3 atom stereocenters. The maximum Gasteiger partial charge on any atom is 0.224 e. The molecule has 2 fully saturated rings. The predicted molar refractivity (Wildman–Crippen MR) is 139 cm³/mol. The fourth-order valence-electron chi connectivity index (χ4n) is 5.16. The number of hydrogen-bond donors (Lipinski definition) is 5. The Bertz CT molecular complexity index is 1220. The number of ether oxygens (including phenoxy) is 1. The molecule has 2 aliphatic carbocycles. The Hall–Kier alpha value is -2.44. The van der Waals surface area contributed by atoms with Crippen LogP contribution in [0, 0.1) is 19.8 Å². The highest BCUT2D eigenvalue weighted by molar-refractivity contribution is 7.21. The number of rotatable bonds is 9. The fourth-order valence-corrected chi connectivity index (χ4v) is 6.28. The smallest absolute Gasteiger partial charge is 0.224 e. The number of aromatic nitrogens is 4. The van der Waals surface area contributed by atoms with Gasteiger partial charge in [0.05, 0.1) is 34.4 Å². The van der Waals surface area contributed by atoms with Crippen molar-refractivity contribution in [3.05, 3.63) is 23.7 Å². The minimum atomic E-state index is -1.63. The molecule has 0 aliphatic heterocycles. The van der Waals surface area contributed by atoms with E-state index in [1.54, 1.807) is 6.20 Å². The van der Waals surface area contributed by atoms with Crippen LogP contribution in [0.25, 0.3) is 20.8 Å². The van der Waals surface area contributed by atoms with Gasteiger partial charge >= 0.3 is 0 Å². The van der Waals surface area contributed by atoms with Gasteiger partial charge in [0.15, 0.2) is 5.72 Å². The molecule has 3 aromatic heterocycles. The second-order valence-corrected chi connectivity index (χ2v) is 10.8. The van der Waals surface area contributed by atoms with E-state index in [2.05, 4.69) is 20.6 Å². The molecule has 0 radical (unpaired) electrons. The van der Waals surface area contributed by atoms with Crippen LogP contribution in [0.15, 0.2) is 12.3 Å². The van der Waals surface area contributed by atoms with Gasteiger partial charge in [-0.05, 0) is 45.6 Å². The average Bonchev–Trinajstić information content (AvgIpc) is 3.58. The third-order valence-electron chi connectivity index (χ3n) is 7.24. The summed E-state index contributed by atoms with van der Waals surface area (Å²) in [4.78, 5) is 18.5. The highest BCUT2D eigenvalue weighted by atomic mass is 32.1. The average molecular weight is 515 g/mol. The fraction of sp³-hybridized carbons (Fsp3) is 0.600.